The van der Waals surface area contributed by atoms with Gasteiger partial charge in [-0.2, -0.15) is 0 Å². The highest BCUT2D eigenvalue weighted by molar-refractivity contribution is 5.87. The maximum atomic E-state index is 12.1. The van der Waals surface area contributed by atoms with E-state index in [9.17, 15) is 9.59 Å². The van der Waals surface area contributed by atoms with Crippen LogP contribution in [0.2, 0.25) is 0 Å². The number of carboxylic acids is 1. The molecule has 0 saturated heterocycles. The summed E-state index contributed by atoms with van der Waals surface area (Å²) in [6, 6.07) is 0. The van der Waals surface area contributed by atoms with Crippen molar-refractivity contribution < 1.29 is 14.7 Å². The van der Waals surface area contributed by atoms with Crippen LogP contribution >= 0.6 is 0 Å². The molecule has 4 nitrogen and oxygen atoms in total. The maximum Gasteiger partial charge on any atom is 0.329 e. The third-order valence-corrected chi connectivity index (χ3v) is 3.65. The zero-order chi connectivity index (χ0) is 12.3. The third-order valence-electron chi connectivity index (χ3n) is 3.65. The Kier molecular flexibility index (Phi) is 3.94. The van der Waals surface area contributed by atoms with Crippen LogP contribution in [0, 0.1) is 5.92 Å². The van der Waals surface area contributed by atoms with E-state index in [1.807, 2.05) is 0 Å². The van der Waals surface area contributed by atoms with E-state index in [4.69, 9.17) is 5.11 Å². The van der Waals surface area contributed by atoms with Crippen LogP contribution in [-0.4, -0.2) is 34.5 Å². The molecule has 4 heteroatoms. The first-order valence-corrected chi connectivity index (χ1v) is 5.88. The molecule has 1 aliphatic rings. The number of hydrogen-bond acceptors (Lipinski definition) is 2. The Hall–Kier alpha value is -1.06. The lowest BCUT2D eigenvalue weighted by Crippen LogP contribution is -2.52. The fourth-order valence-corrected chi connectivity index (χ4v) is 2.04. The molecule has 0 spiro atoms. The summed E-state index contributed by atoms with van der Waals surface area (Å²) >= 11 is 0. The minimum atomic E-state index is -1.12. The molecule has 0 aromatic carbocycles. The SMILES string of the molecule is CN(C(=O)C1CCCCC1)C(C)(C)C(=O)O. The van der Waals surface area contributed by atoms with Crippen molar-refractivity contribution in [3.8, 4) is 0 Å². The van der Waals surface area contributed by atoms with Crippen molar-refractivity contribution in [3.05, 3.63) is 0 Å². The van der Waals surface area contributed by atoms with Crippen LogP contribution < -0.4 is 0 Å². The summed E-state index contributed by atoms with van der Waals surface area (Å²) in [6.45, 7) is 3.13. The van der Waals surface area contributed by atoms with Gasteiger partial charge in [0.15, 0.2) is 0 Å². The Bertz CT molecular complexity index is 280. The second-order valence-electron chi connectivity index (χ2n) is 5.10. The molecule has 16 heavy (non-hydrogen) atoms. The van der Waals surface area contributed by atoms with Crippen LogP contribution in [0.5, 0.6) is 0 Å². The summed E-state index contributed by atoms with van der Waals surface area (Å²) in [5, 5.41) is 9.07. The van der Waals surface area contributed by atoms with Crippen molar-refractivity contribution in [1.82, 2.24) is 4.90 Å². The second-order valence-corrected chi connectivity index (χ2v) is 5.10. The average molecular weight is 227 g/mol. The normalized spacial score (nSPS) is 18.2. The number of rotatable bonds is 3. The molecule has 1 amide bonds. The van der Waals surface area contributed by atoms with Gasteiger partial charge in [0.1, 0.15) is 5.54 Å². The minimum absolute atomic E-state index is 0.0212. The first-order chi connectivity index (χ1) is 7.37. The number of carbonyl (C=O) groups is 2. The zero-order valence-electron chi connectivity index (χ0n) is 10.3. The molecule has 0 heterocycles. The van der Waals surface area contributed by atoms with Gasteiger partial charge in [0.2, 0.25) is 5.91 Å². The lowest BCUT2D eigenvalue weighted by molar-refractivity contribution is -0.157. The number of hydrogen-bond donors (Lipinski definition) is 1. The third kappa shape index (κ3) is 2.54. The van der Waals surface area contributed by atoms with E-state index in [1.54, 1.807) is 20.9 Å². The summed E-state index contributed by atoms with van der Waals surface area (Å²) in [5.74, 6) is -0.955. The van der Waals surface area contributed by atoms with Gasteiger partial charge in [0, 0.05) is 13.0 Å². The smallest absolute Gasteiger partial charge is 0.329 e. The van der Waals surface area contributed by atoms with Crippen LogP contribution in [-0.2, 0) is 9.59 Å². The maximum absolute atomic E-state index is 12.1. The molecule has 1 aliphatic carbocycles. The van der Waals surface area contributed by atoms with Crippen molar-refractivity contribution in [3.63, 3.8) is 0 Å². The number of carboxylic acid groups (broad SMARTS) is 1. The molecule has 1 rings (SSSR count). The number of likely N-dealkylation sites (N-methyl/N-ethyl adjacent to an activating group) is 1. The van der Waals surface area contributed by atoms with E-state index >= 15 is 0 Å². The summed E-state index contributed by atoms with van der Waals surface area (Å²) in [6.07, 6.45) is 5.16. The fraction of sp³-hybridized carbons (Fsp3) is 0.833. The summed E-state index contributed by atoms with van der Waals surface area (Å²) in [7, 11) is 1.59. The average Bonchev–Trinajstić information content (AvgIpc) is 2.28. The number of carbonyl (C=O) groups excluding carboxylic acids is 1. The number of nitrogens with zero attached hydrogens (tertiary/aromatic N) is 1. The minimum Gasteiger partial charge on any atom is -0.480 e. The molecule has 1 saturated carbocycles. The van der Waals surface area contributed by atoms with Crippen LogP contribution in [0.15, 0.2) is 0 Å². The Balaban J connectivity index is 2.69. The lowest BCUT2D eigenvalue weighted by Gasteiger charge is -2.35. The molecule has 0 aromatic heterocycles. The highest BCUT2D eigenvalue weighted by atomic mass is 16.4. The van der Waals surface area contributed by atoms with E-state index in [0.29, 0.717) is 0 Å². The van der Waals surface area contributed by atoms with Gasteiger partial charge in [-0.1, -0.05) is 19.3 Å². The highest BCUT2D eigenvalue weighted by Gasteiger charge is 2.37. The Morgan fingerprint density at radius 3 is 2.12 bits per heavy atom. The lowest BCUT2D eigenvalue weighted by atomic mass is 9.87. The molecule has 0 aliphatic heterocycles. The van der Waals surface area contributed by atoms with Crippen molar-refractivity contribution in [2.24, 2.45) is 5.92 Å². The standard InChI is InChI=1S/C12H21NO3/c1-12(2,11(15)16)13(3)10(14)9-7-5-4-6-8-9/h9H,4-8H2,1-3H3,(H,15,16). The molecular formula is C12H21NO3. The van der Waals surface area contributed by atoms with Gasteiger partial charge >= 0.3 is 5.97 Å². The summed E-state index contributed by atoms with van der Waals surface area (Å²) in [4.78, 5) is 24.5. The van der Waals surface area contributed by atoms with Gasteiger partial charge in [0.05, 0.1) is 0 Å². The van der Waals surface area contributed by atoms with E-state index in [2.05, 4.69) is 0 Å². The van der Waals surface area contributed by atoms with Crippen LogP contribution in [0.1, 0.15) is 46.0 Å². The van der Waals surface area contributed by atoms with Gasteiger partial charge in [-0.25, -0.2) is 4.79 Å². The quantitative estimate of drug-likeness (QED) is 0.801. The highest BCUT2D eigenvalue weighted by Crippen LogP contribution is 2.27. The van der Waals surface area contributed by atoms with E-state index < -0.39 is 11.5 Å². The number of aliphatic carboxylic acids is 1. The molecule has 1 N–H and O–H groups in total. The van der Waals surface area contributed by atoms with E-state index in [1.165, 1.54) is 11.3 Å². The van der Waals surface area contributed by atoms with Gasteiger partial charge < -0.3 is 10.0 Å². The van der Waals surface area contributed by atoms with Crippen molar-refractivity contribution >= 4 is 11.9 Å². The predicted octanol–water partition coefficient (Wildman–Crippen LogP) is 1.89. The van der Waals surface area contributed by atoms with E-state index in [-0.39, 0.29) is 11.8 Å². The van der Waals surface area contributed by atoms with Gasteiger partial charge in [-0.15, -0.1) is 0 Å². The Morgan fingerprint density at radius 2 is 1.69 bits per heavy atom. The van der Waals surface area contributed by atoms with Crippen molar-refractivity contribution in [1.29, 1.82) is 0 Å². The molecule has 0 atom stereocenters. The zero-order valence-corrected chi connectivity index (χ0v) is 10.3. The first-order valence-electron chi connectivity index (χ1n) is 5.88. The second kappa shape index (κ2) is 4.85. The van der Waals surface area contributed by atoms with Crippen LogP contribution in [0.4, 0.5) is 0 Å². The van der Waals surface area contributed by atoms with Gasteiger partial charge in [-0.05, 0) is 26.7 Å². The predicted molar refractivity (Wildman–Crippen MR) is 61.1 cm³/mol. The van der Waals surface area contributed by atoms with Crippen molar-refractivity contribution in [2.75, 3.05) is 7.05 Å². The molecule has 92 valence electrons. The fourth-order valence-electron chi connectivity index (χ4n) is 2.04. The summed E-state index contributed by atoms with van der Waals surface area (Å²) in [5.41, 5.74) is -1.12. The van der Waals surface area contributed by atoms with Crippen LogP contribution in [0.3, 0.4) is 0 Å². The Labute approximate surface area is 96.6 Å². The van der Waals surface area contributed by atoms with Gasteiger partial charge in [0.25, 0.3) is 0 Å². The monoisotopic (exact) mass is 227 g/mol. The van der Waals surface area contributed by atoms with Crippen molar-refractivity contribution in [2.45, 2.75) is 51.5 Å². The van der Waals surface area contributed by atoms with Crippen LogP contribution in [0.25, 0.3) is 0 Å². The topological polar surface area (TPSA) is 57.6 Å². The largest absolute Gasteiger partial charge is 0.480 e. The summed E-state index contributed by atoms with van der Waals surface area (Å²) < 4.78 is 0. The molecule has 1 fully saturated rings. The molecule has 0 bridgehead atoms. The van der Waals surface area contributed by atoms with E-state index in [0.717, 1.165) is 25.7 Å². The molecule has 0 unspecified atom stereocenters. The Morgan fingerprint density at radius 1 is 1.19 bits per heavy atom. The number of amides is 1. The molecule has 0 aromatic rings. The van der Waals surface area contributed by atoms with Gasteiger partial charge in [-0.3, -0.25) is 4.79 Å². The molecular weight excluding hydrogens is 206 g/mol. The molecule has 0 radical (unpaired) electrons. The first kappa shape index (κ1) is 13.0.